The fourth-order valence-electron chi connectivity index (χ4n) is 2.24. The van der Waals surface area contributed by atoms with E-state index in [1.165, 1.54) is 0 Å². The molecule has 0 fully saturated rings. The number of aliphatic hydroxyl groups excluding tert-OH is 1. The average molecular weight is 221 g/mol. The molecule has 1 aromatic heterocycles. The van der Waals surface area contributed by atoms with Crippen LogP contribution in [0.3, 0.4) is 0 Å². The number of Topliss-reactive ketones (excluding diaryl/α,β-unsaturated/α-hetero) is 1. The second kappa shape index (κ2) is 3.28. The molecule has 1 heterocycles. The molecule has 1 aromatic rings. The van der Waals surface area contributed by atoms with Crippen LogP contribution >= 0.6 is 0 Å². The van der Waals surface area contributed by atoms with E-state index >= 15 is 0 Å². The van der Waals surface area contributed by atoms with Crippen LogP contribution in [0.15, 0.2) is 6.07 Å². The molecule has 1 unspecified atom stereocenters. The summed E-state index contributed by atoms with van der Waals surface area (Å²) in [6.45, 7) is 3.71. The Hall–Kier alpha value is -1.42. The Bertz CT molecular complexity index is 471. The van der Waals surface area contributed by atoms with Crippen LogP contribution < -0.4 is 0 Å². The number of nitrogens with zero attached hydrogens (tertiary/aromatic N) is 1. The minimum atomic E-state index is -0.984. The molecule has 16 heavy (non-hydrogen) atoms. The fourth-order valence-corrected chi connectivity index (χ4v) is 2.24. The predicted octanol–water partition coefficient (Wildman–Crippen LogP) is 0.964. The Morgan fingerprint density at radius 3 is 2.75 bits per heavy atom. The van der Waals surface area contributed by atoms with Crippen molar-refractivity contribution >= 4 is 12.1 Å². The first-order valence-corrected chi connectivity index (χ1v) is 5.24. The number of ketones is 1. The van der Waals surface area contributed by atoms with Gasteiger partial charge in [0.05, 0.1) is 5.69 Å². The molecule has 1 aliphatic rings. The summed E-state index contributed by atoms with van der Waals surface area (Å²) in [7, 11) is 1.77. The van der Waals surface area contributed by atoms with Gasteiger partial charge in [-0.3, -0.25) is 9.59 Å². The molecule has 2 rings (SSSR count). The molecule has 0 radical (unpaired) electrons. The van der Waals surface area contributed by atoms with Crippen molar-refractivity contribution in [2.24, 2.45) is 12.5 Å². The number of hydrogen-bond donors (Lipinski definition) is 1. The van der Waals surface area contributed by atoms with Crippen LogP contribution in [0.2, 0.25) is 0 Å². The van der Waals surface area contributed by atoms with Gasteiger partial charge in [0.1, 0.15) is 6.10 Å². The molecule has 0 saturated carbocycles. The van der Waals surface area contributed by atoms with E-state index in [0.29, 0.717) is 17.7 Å². The number of hydrogen-bond acceptors (Lipinski definition) is 3. The number of aldehydes is 1. The zero-order chi connectivity index (χ0) is 12.1. The van der Waals surface area contributed by atoms with Gasteiger partial charge in [-0.05, 0) is 12.5 Å². The quantitative estimate of drug-likeness (QED) is 0.719. The normalized spacial score (nSPS) is 23.0. The summed E-state index contributed by atoms with van der Waals surface area (Å²) < 4.78 is 1.73. The van der Waals surface area contributed by atoms with Crippen LogP contribution in [0.1, 0.15) is 40.4 Å². The number of rotatable bonds is 1. The first-order valence-electron chi connectivity index (χ1n) is 5.24. The Morgan fingerprint density at radius 2 is 2.19 bits per heavy atom. The minimum absolute atomic E-state index is 0.282. The fraction of sp³-hybridized carbons (Fsp3) is 0.500. The zero-order valence-corrected chi connectivity index (χ0v) is 9.65. The van der Waals surface area contributed by atoms with E-state index in [0.717, 1.165) is 12.0 Å². The summed E-state index contributed by atoms with van der Waals surface area (Å²) in [5.74, 6) is -0.282. The van der Waals surface area contributed by atoms with E-state index in [-0.39, 0.29) is 5.78 Å². The van der Waals surface area contributed by atoms with E-state index in [9.17, 15) is 14.7 Å². The van der Waals surface area contributed by atoms with Crippen molar-refractivity contribution in [3.05, 3.63) is 23.0 Å². The summed E-state index contributed by atoms with van der Waals surface area (Å²) in [6, 6.07) is 1.56. The summed E-state index contributed by atoms with van der Waals surface area (Å²) in [5.41, 5.74) is 1.32. The first kappa shape index (κ1) is 11.1. The van der Waals surface area contributed by atoms with Crippen molar-refractivity contribution in [1.82, 2.24) is 4.57 Å². The Balaban J connectivity index is 2.62. The molecule has 0 bridgehead atoms. The molecule has 4 nitrogen and oxygen atoms in total. The third-order valence-corrected chi connectivity index (χ3v) is 3.39. The second-order valence-corrected chi connectivity index (χ2v) is 5.04. The summed E-state index contributed by atoms with van der Waals surface area (Å²) in [6.07, 6.45) is 0.340. The topological polar surface area (TPSA) is 59.3 Å². The number of fused-ring (bicyclic) bond motifs is 1. The van der Waals surface area contributed by atoms with Crippen LogP contribution in [0.5, 0.6) is 0 Å². The van der Waals surface area contributed by atoms with Gasteiger partial charge in [0.2, 0.25) is 0 Å². The molecule has 4 heteroatoms. The number of aromatic nitrogens is 1. The van der Waals surface area contributed by atoms with Gasteiger partial charge in [0.15, 0.2) is 12.1 Å². The van der Waals surface area contributed by atoms with Crippen molar-refractivity contribution in [3.63, 3.8) is 0 Å². The van der Waals surface area contributed by atoms with Crippen molar-refractivity contribution < 1.29 is 14.7 Å². The van der Waals surface area contributed by atoms with E-state index in [2.05, 4.69) is 0 Å². The standard InChI is InChI=1S/C12H15NO3/c1-12(2)5-9-8(10(15)11(12)16)4-7(6-14)13(9)3/h4,6,11,16H,5H2,1-3H3. The highest BCUT2D eigenvalue weighted by Gasteiger charge is 2.41. The largest absolute Gasteiger partial charge is 0.384 e. The Kier molecular flexibility index (Phi) is 2.27. The van der Waals surface area contributed by atoms with Gasteiger partial charge < -0.3 is 9.67 Å². The molecule has 1 N–H and O–H groups in total. The average Bonchev–Trinajstić information content (AvgIpc) is 2.53. The van der Waals surface area contributed by atoms with Gasteiger partial charge in [-0.2, -0.15) is 0 Å². The van der Waals surface area contributed by atoms with Crippen molar-refractivity contribution in [2.45, 2.75) is 26.4 Å². The van der Waals surface area contributed by atoms with Crippen LogP contribution in [-0.4, -0.2) is 27.8 Å². The lowest BCUT2D eigenvalue weighted by molar-refractivity contribution is 0.0331. The number of aliphatic hydroxyl groups is 1. The first-order chi connectivity index (χ1) is 7.38. The molecule has 86 valence electrons. The maximum absolute atomic E-state index is 11.9. The molecule has 0 saturated heterocycles. The molecule has 0 aliphatic heterocycles. The molecule has 1 atom stereocenters. The SMILES string of the molecule is Cn1c(C=O)cc2c1CC(C)(C)C(O)C2=O. The van der Waals surface area contributed by atoms with Crippen LogP contribution in [0, 0.1) is 5.41 Å². The van der Waals surface area contributed by atoms with E-state index in [1.807, 2.05) is 13.8 Å². The van der Waals surface area contributed by atoms with Gasteiger partial charge >= 0.3 is 0 Å². The van der Waals surface area contributed by atoms with Gasteiger partial charge in [0.25, 0.3) is 0 Å². The van der Waals surface area contributed by atoms with Crippen molar-refractivity contribution in [3.8, 4) is 0 Å². The molecule has 1 aliphatic carbocycles. The second-order valence-electron chi connectivity index (χ2n) is 5.04. The highest BCUT2D eigenvalue weighted by molar-refractivity contribution is 6.03. The lowest BCUT2D eigenvalue weighted by Gasteiger charge is -2.34. The van der Waals surface area contributed by atoms with Gasteiger partial charge in [-0.1, -0.05) is 13.8 Å². The summed E-state index contributed by atoms with van der Waals surface area (Å²) >= 11 is 0. The van der Waals surface area contributed by atoms with Crippen molar-refractivity contribution in [1.29, 1.82) is 0 Å². The van der Waals surface area contributed by atoms with Gasteiger partial charge in [-0.25, -0.2) is 0 Å². The maximum Gasteiger partial charge on any atom is 0.193 e. The minimum Gasteiger partial charge on any atom is -0.384 e. The zero-order valence-electron chi connectivity index (χ0n) is 9.65. The lowest BCUT2D eigenvalue weighted by Crippen LogP contribution is -2.42. The summed E-state index contributed by atoms with van der Waals surface area (Å²) in [4.78, 5) is 22.7. The number of carbonyl (C=O) groups excluding carboxylic acids is 2. The predicted molar refractivity (Wildman–Crippen MR) is 58.6 cm³/mol. The van der Waals surface area contributed by atoms with E-state index in [4.69, 9.17) is 0 Å². The van der Waals surface area contributed by atoms with Crippen LogP contribution in [0.4, 0.5) is 0 Å². The molecule has 0 aromatic carbocycles. The smallest absolute Gasteiger partial charge is 0.193 e. The highest BCUT2D eigenvalue weighted by Crippen LogP contribution is 2.35. The molecule has 0 spiro atoms. The third kappa shape index (κ3) is 1.33. The van der Waals surface area contributed by atoms with Crippen molar-refractivity contribution in [2.75, 3.05) is 0 Å². The lowest BCUT2D eigenvalue weighted by atomic mass is 9.74. The molecular weight excluding hydrogens is 206 g/mol. The molecular formula is C12H15NO3. The maximum atomic E-state index is 11.9. The highest BCUT2D eigenvalue weighted by atomic mass is 16.3. The van der Waals surface area contributed by atoms with E-state index in [1.54, 1.807) is 17.7 Å². The van der Waals surface area contributed by atoms with Gasteiger partial charge in [0, 0.05) is 23.7 Å². The van der Waals surface area contributed by atoms with Crippen LogP contribution in [0.25, 0.3) is 0 Å². The summed E-state index contributed by atoms with van der Waals surface area (Å²) in [5, 5.41) is 9.88. The van der Waals surface area contributed by atoms with Gasteiger partial charge in [-0.15, -0.1) is 0 Å². The number of carbonyl (C=O) groups is 2. The van der Waals surface area contributed by atoms with E-state index < -0.39 is 11.5 Å². The Morgan fingerprint density at radius 1 is 1.56 bits per heavy atom. The van der Waals surface area contributed by atoms with Crippen LogP contribution in [-0.2, 0) is 13.5 Å². The monoisotopic (exact) mass is 221 g/mol. The third-order valence-electron chi connectivity index (χ3n) is 3.39. The molecule has 0 amide bonds. The Labute approximate surface area is 93.9 Å².